The number of hydrogen-bond donors (Lipinski definition) is 0. The van der Waals surface area contributed by atoms with Crippen LogP contribution in [0.3, 0.4) is 0 Å². The number of fused-ring (bicyclic) bond motifs is 3. The molecule has 0 saturated carbocycles. The molecular formula is C69H48N4Si. The topological polar surface area (TPSA) is 43.6 Å². The fourth-order valence-electron chi connectivity index (χ4n) is 10.9. The van der Waals surface area contributed by atoms with Crippen LogP contribution in [-0.2, 0) is 0 Å². The van der Waals surface area contributed by atoms with Crippen LogP contribution >= 0.6 is 0 Å². The second-order valence-corrected chi connectivity index (χ2v) is 22.5. The Balaban J connectivity index is 1.10. The van der Waals surface area contributed by atoms with Gasteiger partial charge in [0, 0.05) is 33.0 Å². The van der Waals surface area contributed by atoms with Crippen molar-refractivity contribution in [2.45, 2.75) is 0 Å². The van der Waals surface area contributed by atoms with Gasteiger partial charge >= 0.3 is 0 Å². The summed E-state index contributed by atoms with van der Waals surface area (Å²) in [5.74, 6) is 1.85. The summed E-state index contributed by atoms with van der Waals surface area (Å²) >= 11 is 0. The Hall–Kier alpha value is -9.55. The third-order valence-corrected chi connectivity index (χ3v) is 19.2. The molecule has 0 radical (unpaired) electrons. The van der Waals surface area contributed by atoms with Crippen molar-refractivity contribution in [2.24, 2.45) is 0 Å². The van der Waals surface area contributed by atoms with Crippen LogP contribution in [-0.4, -0.2) is 27.6 Å². The first-order chi connectivity index (χ1) is 36.7. The highest BCUT2D eigenvalue weighted by Gasteiger charge is 2.41. The first kappa shape index (κ1) is 44.4. The summed E-state index contributed by atoms with van der Waals surface area (Å²) in [6.07, 6.45) is 0. The van der Waals surface area contributed by atoms with Gasteiger partial charge in [-0.15, -0.1) is 0 Å². The van der Waals surface area contributed by atoms with Crippen molar-refractivity contribution in [3.8, 4) is 73.2 Å². The molecule has 0 aliphatic carbocycles. The van der Waals surface area contributed by atoms with Crippen LogP contribution in [0, 0.1) is 0 Å². The number of benzene rings is 11. The van der Waals surface area contributed by atoms with Crippen molar-refractivity contribution in [1.29, 1.82) is 0 Å². The predicted molar refractivity (Wildman–Crippen MR) is 310 cm³/mol. The summed E-state index contributed by atoms with van der Waals surface area (Å²) < 4.78 is 2.47. The number of nitrogens with zero attached hydrogens (tertiary/aromatic N) is 4. The number of hydrogen-bond acceptors (Lipinski definition) is 3. The van der Waals surface area contributed by atoms with Crippen LogP contribution < -0.4 is 20.7 Å². The molecule has 13 rings (SSSR count). The van der Waals surface area contributed by atoms with Gasteiger partial charge in [-0.05, 0) is 91.0 Å². The zero-order valence-electron chi connectivity index (χ0n) is 40.5. The van der Waals surface area contributed by atoms with Gasteiger partial charge in [0.05, 0.1) is 16.7 Å². The van der Waals surface area contributed by atoms with Crippen molar-refractivity contribution >= 4 is 50.6 Å². The highest BCUT2D eigenvalue weighted by Crippen LogP contribution is 2.41. The van der Waals surface area contributed by atoms with Gasteiger partial charge in [-0.1, -0.05) is 249 Å². The normalized spacial score (nSPS) is 11.5. The minimum atomic E-state index is -2.92. The fourth-order valence-corrected chi connectivity index (χ4v) is 15.7. The molecule has 11 aromatic carbocycles. The lowest BCUT2D eigenvalue weighted by molar-refractivity contribution is 1.07. The van der Waals surface area contributed by atoms with Crippen molar-refractivity contribution in [2.75, 3.05) is 0 Å². The molecule has 0 aliphatic heterocycles. The minimum absolute atomic E-state index is 0.602. The van der Waals surface area contributed by atoms with Gasteiger partial charge in [-0.2, -0.15) is 0 Å². The van der Waals surface area contributed by atoms with E-state index < -0.39 is 8.07 Å². The first-order valence-corrected chi connectivity index (χ1v) is 27.2. The molecule has 5 heteroatoms. The third kappa shape index (κ3) is 8.02. The Kier molecular flexibility index (Phi) is 11.5. The van der Waals surface area contributed by atoms with Gasteiger partial charge in [0.25, 0.3) is 0 Å². The number of aromatic nitrogens is 4. The van der Waals surface area contributed by atoms with E-state index in [9.17, 15) is 0 Å². The second kappa shape index (κ2) is 19.2. The highest BCUT2D eigenvalue weighted by molar-refractivity contribution is 7.19. The van der Waals surface area contributed by atoms with Crippen molar-refractivity contribution in [3.63, 3.8) is 0 Å². The molecule has 0 N–H and O–H groups in total. The Labute approximate surface area is 432 Å². The van der Waals surface area contributed by atoms with Gasteiger partial charge in [0.15, 0.2) is 25.5 Å². The van der Waals surface area contributed by atoms with Crippen molar-refractivity contribution in [1.82, 2.24) is 19.5 Å². The van der Waals surface area contributed by atoms with Crippen LogP contribution in [0.5, 0.6) is 0 Å². The standard InChI is InChI=1S/C69H48N4Si/c1-8-23-49(24-9-1)53-39-42-65-62(46-53)63-47-54(50-25-10-2-11-26-50)40-43-66(63)73(65)64-44-41-56(69-71-67(51-27-12-3-13-28-51)70-68(72-69)52-29-14-4-15-30-52)48-61(64)55-31-22-38-60(45-55)74(57-32-16-5-17-33-57,58-34-18-6-19-35-58)59-36-20-7-21-37-59/h1-48H. The number of rotatable bonds is 11. The summed E-state index contributed by atoms with van der Waals surface area (Å²) in [7, 11) is -2.92. The van der Waals surface area contributed by atoms with E-state index >= 15 is 0 Å². The molecule has 0 bridgehead atoms. The molecular weight excluding hydrogens is 913 g/mol. The Morgan fingerprint density at radius 1 is 0.243 bits per heavy atom. The average molecular weight is 961 g/mol. The lowest BCUT2D eigenvalue weighted by Gasteiger charge is -2.34. The maximum absolute atomic E-state index is 5.26. The van der Waals surface area contributed by atoms with E-state index in [0.29, 0.717) is 17.5 Å². The summed E-state index contributed by atoms with van der Waals surface area (Å²) in [5, 5.41) is 7.62. The van der Waals surface area contributed by atoms with Gasteiger partial charge in [0.2, 0.25) is 0 Å². The maximum atomic E-state index is 5.26. The van der Waals surface area contributed by atoms with E-state index in [4.69, 9.17) is 15.0 Å². The Morgan fingerprint density at radius 2 is 0.595 bits per heavy atom. The van der Waals surface area contributed by atoms with E-state index in [1.165, 1.54) is 53.8 Å². The molecule has 4 nitrogen and oxygen atoms in total. The molecule has 2 heterocycles. The SMILES string of the molecule is c1ccc(-c2ccc3c(c2)c2cc(-c4ccccc4)ccc2n3-c2ccc(-c3nc(-c4ccccc4)nc(-c4ccccc4)n3)cc2-c2cccc([Si](c3ccccc3)(c3ccccc3)c3ccccc3)c2)cc1. The zero-order chi connectivity index (χ0) is 49.3. The molecule has 0 unspecified atom stereocenters. The van der Waals surface area contributed by atoms with Gasteiger partial charge in [-0.3, -0.25) is 0 Å². The fraction of sp³-hybridized carbons (Fsp3) is 0. The van der Waals surface area contributed by atoms with Gasteiger partial charge in [-0.25, -0.2) is 15.0 Å². The second-order valence-electron chi connectivity index (χ2n) is 18.7. The molecule has 2 aromatic heterocycles. The summed E-state index contributed by atoms with van der Waals surface area (Å²) in [4.78, 5) is 15.6. The van der Waals surface area contributed by atoms with E-state index in [1.54, 1.807) is 0 Å². The molecule has 0 spiro atoms. The Bertz CT molecular complexity index is 3840. The molecule has 0 amide bonds. The van der Waals surface area contributed by atoms with E-state index in [-0.39, 0.29) is 0 Å². The molecule has 13 aromatic rings. The van der Waals surface area contributed by atoms with Crippen LogP contribution in [0.2, 0.25) is 0 Å². The quantitative estimate of drug-likeness (QED) is 0.0958. The monoisotopic (exact) mass is 960 g/mol. The first-order valence-electron chi connectivity index (χ1n) is 25.2. The van der Waals surface area contributed by atoms with Gasteiger partial charge < -0.3 is 4.57 Å². The molecule has 0 saturated heterocycles. The molecule has 0 atom stereocenters. The summed E-state index contributed by atoms with van der Waals surface area (Å²) in [5.41, 5.74) is 12.9. The summed E-state index contributed by atoms with van der Waals surface area (Å²) in [6.45, 7) is 0. The zero-order valence-corrected chi connectivity index (χ0v) is 41.5. The van der Waals surface area contributed by atoms with Crippen molar-refractivity contribution < 1.29 is 0 Å². The third-order valence-electron chi connectivity index (χ3n) is 14.4. The molecule has 0 fully saturated rings. The van der Waals surface area contributed by atoms with E-state index in [2.05, 4.69) is 259 Å². The lowest BCUT2D eigenvalue weighted by atomic mass is 9.99. The van der Waals surface area contributed by atoms with Crippen molar-refractivity contribution in [3.05, 3.63) is 291 Å². The highest BCUT2D eigenvalue weighted by atomic mass is 28.3. The van der Waals surface area contributed by atoms with Crippen LogP contribution in [0.4, 0.5) is 0 Å². The van der Waals surface area contributed by atoms with E-state index in [0.717, 1.165) is 44.5 Å². The van der Waals surface area contributed by atoms with Crippen LogP contribution in [0.15, 0.2) is 291 Å². The predicted octanol–water partition coefficient (Wildman–Crippen LogP) is 14.3. The molecule has 74 heavy (non-hydrogen) atoms. The molecule has 348 valence electrons. The van der Waals surface area contributed by atoms with Crippen LogP contribution in [0.25, 0.3) is 95.0 Å². The Morgan fingerprint density at radius 3 is 1.03 bits per heavy atom. The van der Waals surface area contributed by atoms with E-state index in [1.807, 2.05) is 36.4 Å². The molecule has 0 aliphatic rings. The maximum Gasteiger partial charge on any atom is 0.179 e. The average Bonchev–Trinajstić information content (AvgIpc) is 3.82. The largest absolute Gasteiger partial charge is 0.309 e. The smallest absolute Gasteiger partial charge is 0.179 e. The van der Waals surface area contributed by atoms with Crippen LogP contribution in [0.1, 0.15) is 0 Å². The summed E-state index contributed by atoms with van der Waals surface area (Å²) in [6, 6.07) is 105. The minimum Gasteiger partial charge on any atom is -0.309 e. The lowest BCUT2D eigenvalue weighted by Crippen LogP contribution is -2.74. The van der Waals surface area contributed by atoms with Gasteiger partial charge in [0.1, 0.15) is 0 Å².